The van der Waals surface area contributed by atoms with E-state index in [2.05, 4.69) is 10.6 Å². The highest BCUT2D eigenvalue weighted by atomic mass is 16.3. The van der Waals surface area contributed by atoms with E-state index in [-0.39, 0.29) is 11.8 Å². The summed E-state index contributed by atoms with van der Waals surface area (Å²) in [4.78, 5) is 24.3. The molecule has 1 aromatic carbocycles. The van der Waals surface area contributed by atoms with Crippen molar-refractivity contribution < 1.29 is 14.7 Å². The van der Waals surface area contributed by atoms with Crippen molar-refractivity contribution in [2.24, 2.45) is 0 Å². The summed E-state index contributed by atoms with van der Waals surface area (Å²) in [6.07, 6.45) is 7.25. The van der Waals surface area contributed by atoms with Gasteiger partial charge in [-0.1, -0.05) is 12.8 Å². The number of nitrogens with one attached hydrogen (secondary N) is 2. The van der Waals surface area contributed by atoms with E-state index in [1.807, 2.05) is 0 Å². The topological polar surface area (TPSA) is 78.4 Å². The van der Waals surface area contributed by atoms with E-state index < -0.39 is 5.60 Å². The zero-order chi connectivity index (χ0) is 16.3. The van der Waals surface area contributed by atoms with Gasteiger partial charge in [-0.25, -0.2) is 0 Å². The van der Waals surface area contributed by atoms with E-state index in [1.54, 1.807) is 24.3 Å². The lowest BCUT2D eigenvalue weighted by Gasteiger charge is -2.21. The maximum absolute atomic E-state index is 12.2. The normalized spacial score (nSPS) is 20.4. The summed E-state index contributed by atoms with van der Waals surface area (Å²) >= 11 is 0. The highest BCUT2D eigenvalue weighted by Gasteiger charge is 2.38. The van der Waals surface area contributed by atoms with Crippen LogP contribution in [0, 0.1) is 0 Å². The van der Waals surface area contributed by atoms with E-state index in [0.717, 1.165) is 25.7 Å². The lowest BCUT2D eigenvalue weighted by molar-refractivity contribution is -0.133. The number of anilines is 1. The van der Waals surface area contributed by atoms with Crippen molar-refractivity contribution in [3.8, 4) is 0 Å². The molecule has 0 radical (unpaired) electrons. The first kappa shape index (κ1) is 16.0. The maximum atomic E-state index is 12.2. The Hall–Kier alpha value is -1.88. The van der Waals surface area contributed by atoms with Crippen molar-refractivity contribution in [1.82, 2.24) is 5.32 Å². The Labute approximate surface area is 136 Å². The fraction of sp³-hybridized carbons (Fsp3) is 0.556. The molecule has 5 nitrogen and oxygen atoms in total. The molecule has 0 unspecified atom stereocenters. The quantitative estimate of drug-likeness (QED) is 0.799. The summed E-state index contributed by atoms with van der Waals surface area (Å²) in [5.74, 6) is -0.414. The van der Waals surface area contributed by atoms with Gasteiger partial charge in [-0.3, -0.25) is 9.59 Å². The molecule has 1 aromatic rings. The second kappa shape index (κ2) is 6.71. The zero-order valence-electron chi connectivity index (χ0n) is 13.3. The van der Waals surface area contributed by atoms with Gasteiger partial charge < -0.3 is 15.7 Å². The Balaban J connectivity index is 1.58. The van der Waals surface area contributed by atoms with Crippen molar-refractivity contribution in [1.29, 1.82) is 0 Å². The van der Waals surface area contributed by atoms with E-state index in [1.165, 1.54) is 12.8 Å². The average molecular weight is 316 g/mol. The van der Waals surface area contributed by atoms with Gasteiger partial charge in [-0.2, -0.15) is 0 Å². The molecule has 0 heterocycles. The van der Waals surface area contributed by atoms with Crippen LogP contribution in [0.4, 0.5) is 5.69 Å². The molecule has 5 heteroatoms. The van der Waals surface area contributed by atoms with Gasteiger partial charge in [0.15, 0.2) is 0 Å². The summed E-state index contributed by atoms with van der Waals surface area (Å²) in [7, 11) is 0. The Morgan fingerprint density at radius 1 is 1.00 bits per heavy atom. The predicted molar refractivity (Wildman–Crippen MR) is 88.2 cm³/mol. The standard InChI is InChI=1S/C18H24N2O3/c21-16(19-14-5-1-2-6-14)13-7-9-15(10-8-13)20-17(22)18(23)11-3-4-12-18/h7-10,14,23H,1-6,11-12H2,(H,19,21)(H,20,22). The molecule has 0 bridgehead atoms. The molecule has 23 heavy (non-hydrogen) atoms. The Morgan fingerprint density at radius 3 is 2.22 bits per heavy atom. The second-order valence-corrected chi connectivity index (χ2v) is 6.73. The number of rotatable bonds is 4. The first-order valence-corrected chi connectivity index (χ1v) is 8.52. The molecule has 0 aromatic heterocycles. The van der Waals surface area contributed by atoms with Gasteiger partial charge in [0.1, 0.15) is 5.60 Å². The molecule has 0 aliphatic heterocycles. The third kappa shape index (κ3) is 3.72. The van der Waals surface area contributed by atoms with Crippen LogP contribution in [0.2, 0.25) is 0 Å². The minimum atomic E-state index is -1.24. The predicted octanol–water partition coefficient (Wildman–Crippen LogP) is 2.60. The fourth-order valence-electron chi connectivity index (χ4n) is 3.48. The number of hydrogen-bond donors (Lipinski definition) is 3. The molecule has 3 N–H and O–H groups in total. The Kier molecular flexibility index (Phi) is 4.66. The maximum Gasteiger partial charge on any atom is 0.256 e. The first-order chi connectivity index (χ1) is 11.1. The first-order valence-electron chi connectivity index (χ1n) is 8.52. The van der Waals surface area contributed by atoms with Crippen molar-refractivity contribution in [2.75, 3.05) is 5.32 Å². The highest BCUT2D eigenvalue weighted by molar-refractivity contribution is 5.98. The number of amides is 2. The van der Waals surface area contributed by atoms with Crippen molar-refractivity contribution in [2.45, 2.75) is 63.0 Å². The van der Waals surface area contributed by atoms with Crippen LogP contribution in [0.15, 0.2) is 24.3 Å². The average Bonchev–Trinajstić information content (AvgIpc) is 3.20. The molecule has 0 spiro atoms. The van der Waals surface area contributed by atoms with Crippen LogP contribution in [-0.2, 0) is 4.79 Å². The third-order valence-electron chi connectivity index (χ3n) is 4.95. The van der Waals surface area contributed by atoms with Gasteiger partial charge in [-0.05, 0) is 62.8 Å². The van der Waals surface area contributed by atoms with Crippen LogP contribution in [0.1, 0.15) is 61.7 Å². The number of benzene rings is 1. The van der Waals surface area contributed by atoms with Gasteiger partial charge in [0.25, 0.3) is 11.8 Å². The van der Waals surface area contributed by atoms with E-state index >= 15 is 0 Å². The SMILES string of the molecule is O=C(NC1CCCC1)c1ccc(NC(=O)C2(O)CCCC2)cc1. The molecule has 0 atom stereocenters. The number of carbonyl (C=O) groups excluding carboxylic acids is 2. The van der Waals surface area contributed by atoms with E-state index in [4.69, 9.17) is 0 Å². The van der Waals surface area contributed by atoms with Gasteiger partial charge in [-0.15, -0.1) is 0 Å². The molecule has 3 rings (SSSR count). The lowest BCUT2D eigenvalue weighted by atomic mass is 10.0. The molecule has 0 saturated heterocycles. The van der Waals surface area contributed by atoms with Crippen LogP contribution >= 0.6 is 0 Å². The van der Waals surface area contributed by atoms with E-state index in [9.17, 15) is 14.7 Å². The third-order valence-corrected chi connectivity index (χ3v) is 4.95. The highest BCUT2D eigenvalue weighted by Crippen LogP contribution is 2.30. The molecule has 2 aliphatic rings. The zero-order valence-corrected chi connectivity index (χ0v) is 13.3. The number of hydrogen-bond acceptors (Lipinski definition) is 3. The lowest BCUT2D eigenvalue weighted by Crippen LogP contribution is -2.40. The summed E-state index contributed by atoms with van der Waals surface area (Å²) in [6, 6.07) is 7.12. The van der Waals surface area contributed by atoms with Crippen LogP contribution in [-0.4, -0.2) is 28.6 Å². The van der Waals surface area contributed by atoms with Gasteiger partial charge in [0.2, 0.25) is 0 Å². The fourth-order valence-corrected chi connectivity index (χ4v) is 3.48. The van der Waals surface area contributed by atoms with Crippen LogP contribution in [0.25, 0.3) is 0 Å². The van der Waals surface area contributed by atoms with Crippen molar-refractivity contribution >= 4 is 17.5 Å². The summed E-state index contributed by atoms with van der Waals surface area (Å²) in [5, 5.41) is 16.0. The molecular formula is C18H24N2O3. The van der Waals surface area contributed by atoms with Crippen molar-refractivity contribution in [3.05, 3.63) is 29.8 Å². The molecule has 2 aliphatic carbocycles. The van der Waals surface area contributed by atoms with E-state index in [0.29, 0.717) is 30.1 Å². The second-order valence-electron chi connectivity index (χ2n) is 6.73. The van der Waals surface area contributed by atoms with Gasteiger partial charge in [0.05, 0.1) is 0 Å². The van der Waals surface area contributed by atoms with Gasteiger partial charge >= 0.3 is 0 Å². The summed E-state index contributed by atoms with van der Waals surface area (Å²) in [6.45, 7) is 0. The largest absolute Gasteiger partial charge is 0.380 e. The summed E-state index contributed by atoms with van der Waals surface area (Å²) in [5.41, 5.74) is -0.0411. The van der Waals surface area contributed by atoms with Gasteiger partial charge in [0, 0.05) is 17.3 Å². The van der Waals surface area contributed by atoms with Crippen LogP contribution in [0.3, 0.4) is 0 Å². The molecule has 124 valence electrons. The van der Waals surface area contributed by atoms with Crippen molar-refractivity contribution in [3.63, 3.8) is 0 Å². The molecule has 2 saturated carbocycles. The number of aliphatic hydroxyl groups is 1. The minimum absolute atomic E-state index is 0.0656. The Morgan fingerprint density at radius 2 is 1.61 bits per heavy atom. The molecule has 2 amide bonds. The molecular weight excluding hydrogens is 292 g/mol. The summed E-state index contributed by atoms with van der Waals surface area (Å²) < 4.78 is 0. The monoisotopic (exact) mass is 316 g/mol. The minimum Gasteiger partial charge on any atom is -0.380 e. The van der Waals surface area contributed by atoms with Crippen LogP contribution in [0.5, 0.6) is 0 Å². The number of carbonyl (C=O) groups is 2. The smallest absolute Gasteiger partial charge is 0.256 e. The van der Waals surface area contributed by atoms with Crippen LogP contribution < -0.4 is 10.6 Å². The Bertz CT molecular complexity index is 570. The molecule has 2 fully saturated rings.